The molecule has 2 nitrogen and oxygen atoms in total. The molecule has 12 heavy (non-hydrogen) atoms. The van der Waals surface area contributed by atoms with Crippen LogP contribution >= 0.6 is 0 Å². The maximum Gasteiger partial charge on any atom is 0.141 e. The molecule has 3 fully saturated rings. The smallest absolute Gasteiger partial charge is 0.141 e. The van der Waals surface area contributed by atoms with E-state index in [1.165, 1.54) is 25.8 Å². The normalized spacial score (nSPS) is 34.9. The van der Waals surface area contributed by atoms with Crippen molar-refractivity contribution >= 4 is 5.78 Å². The van der Waals surface area contributed by atoms with Crippen molar-refractivity contribution in [3.8, 4) is 0 Å². The molecule has 68 valence electrons. The van der Waals surface area contributed by atoms with Crippen molar-refractivity contribution in [3.05, 3.63) is 0 Å². The Balaban J connectivity index is 1.79. The van der Waals surface area contributed by atoms with Crippen LogP contribution in [0.25, 0.3) is 0 Å². The Morgan fingerprint density at radius 1 is 1.42 bits per heavy atom. The van der Waals surface area contributed by atoms with E-state index >= 15 is 0 Å². The quantitative estimate of drug-likeness (QED) is 0.631. The highest BCUT2D eigenvalue weighted by molar-refractivity contribution is 5.90. The van der Waals surface area contributed by atoms with E-state index < -0.39 is 0 Å². The molecule has 1 aliphatic carbocycles. The highest BCUT2D eigenvalue weighted by Crippen LogP contribution is 2.35. The fourth-order valence-electron chi connectivity index (χ4n) is 2.34. The average molecular weight is 167 g/mol. The molecule has 0 radical (unpaired) electrons. The molecular weight excluding hydrogens is 150 g/mol. The second-order valence-electron chi connectivity index (χ2n) is 4.15. The molecule has 0 aromatic rings. The number of Topliss-reactive ketones (excluding diaryl/α,β-unsaturated/α-hetero) is 1. The van der Waals surface area contributed by atoms with Gasteiger partial charge in [-0.2, -0.15) is 0 Å². The first-order valence-corrected chi connectivity index (χ1v) is 5.07. The minimum Gasteiger partial charge on any atom is -0.302 e. The molecule has 3 rings (SSSR count). The molecule has 0 unspecified atom stereocenters. The van der Waals surface area contributed by atoms with Crippen LogP contribution in [0.3, 0.4) is 0 Å². The van der Waals surface area contributed by atoms with E-state index in [0.29, 0.717) is 17.6 Å². The van der Waals surface area contributed by atoms with Crippen LogP contribution in [-0.4, -0.2) is 30.3 Å². The van der Waals surface area contributed by atoms with Gasteiger partial charge in [0.1, 0.15) is 5.78 Å². The lowest BCUT2D eigenvalue weighted by molar-refractivity contribution is -0.143. The third-order valence-electron chi connectivity index (χ3n) is 3.16. The minimum absolute atomic E-state index is 0.417. The number of carbonyl (C=O) groups is 1. The number of hydrogen-bond donors (Lipinski definition) is 0. The van der Waals surface area contributed by atoms with Crippen molar-refractivity contribution in [1.82, 2.24) is 4.90 Å². The van der Waals surface area contributed by atoms with Crippen LogP contribution in [0, 0.1) is 11.8 Å². The predicted octanol–water partition coefficient (Wildman–Crippen LogP) is 1.31. The number of piperidine rings is 2. The first kappa shape index (κ1) is 8.24. The van der Waals surface area contributed by atoms with Gasteiger partial charge in [-0.25, -0.2) is 0 Å². The summed E-state index contributed by atoms with van der Waals surface area (Å²) in [6.07, 6.45) is 3.73. The third kappa shape index (κ3) is 1.28. The topological polar surface area (TPSA) is 20.3 Å². The molecule has 2 aliphatic heterocycles. The summed E-state index contributed by atoms with van der Waals surface area (Å²) in [5.41, 5.74) is 0. The van der Waals surface area contributed by atoms with E-state index in [1.807, 2.05) is 0 Å². The van der Waals surface area contributed by atoms with E-state index in [9.17, 15) is 4.79 Å². The van der Waals surface area contributed by atoms with Gasteiger partial charge >= 0.3 is 0 Å². The average Bonchev–Trinajstić information content (AvgIpc) is 2.14. The standard InChI is InChI=1S/C10H17NO/c1-2-3-4-11-6-8-5-9(7-11)10(8)12/h8-9H,2-7H2,1H3/t8-,9-/m1/s1. The van der Waals surface area contributed by atoms with Gasteiger partial charge in [0.25, 0.3) is 0 Å². The van der Waals surface area contributed by atoms with E-state index in [1.54, 1.807) is 0 Å². The summed E-state index contributed by atoms with van der Waals surface area (Å²) in [5.74, 6) is 1.38. The van der Waals surface area contributed by atoms with Crippen molar-refractivity contribution in [2.45, 2.75) is 26.2 Å². The molecular formula is C10H17NO. The minimum atomic E-state index is 0.417. The number of nitrogens with zero attached hydrogens (tertiary/aromatic N) is 1. The second kappa shape index (κ2) is 3.17. The second-order valence-corrected chi connectivity index (χ2v) is 4.15. The maximum atomic E-state index is 11.2. The summed E-state index contributed by atoms with van der Waals surface area (Å²) in [4.78, 5) is 13.7. The number of fused-ring (bicyclic) bond motifs is 2. The molecule has 0 N–H and O–H groups in total. The summed E-state index contributed by atoms with van der Waals surface area (Å²) in [7, 11) is 0. The molecule has 2 saturated heterocycles. The first-order valence-electron chi connectivity index (χ1n) is 5.07. The fourth-order valence-corrected chi connectivity index (χ4v) is 2.34. The van der Waals surface area contributed by atoms with Gasteiger partial charge in [-0.1, -0.05) is 13.3 Å². The van der Waals surface area contributed by atoms with E-state index in [-0.39, 0.29) is 0 Å². The monoisotopic (exact) mass is 167 g/mol. The maximum absolute atomic E-state index is 11.2. The van der Waals surface area contributed by atoms with Crippen LogP contribution in [-0.2, 0) is 4.79 Å². The molecule has 0 amide bonds. The zero-order valence-electron chi connectivity index (χ0n) is 7.75. The number of rotatable bonds is 3. The van der Waals surface area contributed by atoms with Gasteiger partial charge in [-0.15, -0.1) is 0 Å². The van der Waals surface area contributed by atoms with Crippen LogP contribution in [0.5, 0.6) is 0 Å². The highest BCUT2D eigenvalue weighted by Gasteiger charge is 2.44. The zero-order chi connectivity index (χ0) is 8.55. The number of hydrogen-bond acceptors (Lipinski definition) is 2. The van der Waals surface area contributed by atoms with Crippen LogP contribution in [0.4, 0.5) is 0 Å². The van der Waals surface area contributed by atoms with Crippen molar-refractivity contribution in [2.75, 3.05) is 19.6 Å². The molecule has 0 aromatic carbocycles. The molecule has 2 heteroatoms. The van der Waals surface area contributed by atoms with Crippen molar-refractivity contribution < 1.29 is 4.79 Å². The lowest BCUT2D eigenvalue weighted by atomic mass is 9.70. The largest absolute Gasteiger partial charge is 0.302 e. The van der Waals surface area contributed by atoms with Crippen LogP contribution in [0.2, 0.25) is 0 Å². The summed E-state index contributed by atoms with van der Waals surface area (Å²) in [6, 6.07) is 0. The van der Waals surface area contributed by atoms with Gasteiger partial charge in [0.2, 0.25) is 0 Å². The Hall–Kier alpha value is -0.370. The third-order valence-corrected chi connectivity index (χ3v) is 3.16. The Labute approximate surface area is 73.9 Å². The van der Waals surface area contributed by atoms with Crippen molar-refractivity contribution in [1.29, 1.82) is 0 Å². The van der Waals surface area contributed by atoms with E-state index in [4.69, 9.17) is 0 Å². The Morgan fingerprint density at radius 2 is 2.08 bits per heavy atom. The SMILES string of the molecule is CCCCN1C[C@H]2C[C@H](C1)C2=O. The van der Waals surface area contributed by atoms with Gasteiger partial charge in [-0.3, -0.25) is 4.79 Å². The molecule has 0 spiro atoms. The van der Waals surface area contributed by atoms with Crippen LogP contribution in [0.1, 0.15) is 26.2 Å². The lowest BCUT2D eigenvalue weighted by Crippen LogP contribution is -2.55. The molecule has 1 saturated carbocycles. The van der Waals surface area contributed by atoms with Crippen LogP contribution in [0.15, 0.2) is 0 Å². The van der Waals surface area contributed by atoms with E-state index in [0.717, 1.165) is 13.1 Å². The van der Waals surface area contributed by atoms with Gasteiger partial charge in [0.15, 0.2) is 0 Å². The number of ketones is 1. The number of carbonyl (C=O) groups excluding carboxylic acids is 1. The summed E-state index contributed by atoms with van der Waals surface area (Å²) >= 11 is 0. The lowest BCUT2D eigenvalue weighted by Gasteiger charge is -2.45. The molecule has 2 bridgehead atoms. The predicted molar refractivity (Wildman–Crippen MR) is 48.0 cm³/mol. The highest BCUT2D eigenvalue weighted by atomic mass is 16.1. The Morgan fingerprint density at radius 3 is 2.58 bits per heavy atom. The van der Waals surface area contributed by atoms with E-state index in [2.05, 4.69) is 11.8 Å². The summed E-state index contributed by atoms with van der Waals surface area (Å²) in [5, 5.41) is 0. The fraction of sp³-hybridized carbons (Fsp3) is 0.900. The van der Waals surface area contributed by atoms with Crippen molar-refractivity contribution in [2.24, 2.45) is 11.8 Å². The molecule has 3 aliphatic rings. The van der Waals surface area contributed by atoms with Gasteiger partial charge in [-0.05, 0) is 19.4 Å². The zero-order valence-corrected chi connectivity index (χ0v) is 7.75. The Bertz CT molecular complexity index is 176. The Kier molecular flexibility index (Phi) is 2.18. The van der Waals surface area contributed by atoms with Gasteiger partial charge in [0, 0.05) is 24.9 Å². The molecule has 0 aromatic heterocycles. The summed E-state index contributed by atoms with van der Waals surface area (Å²) < 4.78 is 0. The van der Waals surface area contributed by atoms with Crippen LogP contribution < -0.4 is 0 Å². The number of unbranched alkanes of at least 4 members (excludes halogenated alkanes) is 1. The van der Waals surface area contributed by atoms with Gasteiger partial charge < -0.3 is 4.90 Å². The van der Waals surface area contributed by atoms with Crippen molar-refractivity contribution in [3.63, 3.8) is 0 Å². The molecule has 2 atom stereocenters. The van der Waals surface area contributed by atoms with Gasteiger partial charge in [0.05, 0.1) is 0 Å². The first-order chi connectivity index (χ1) is 5.81. The molecule has 2 heterocycles. The summed E-state index contributed by atoms with van der Waals surface area (Å²) in [6.45, 7) is 5.53.